The summed E-state index contributed by atoms with van der Waals surface area (Å²) in [6.45, 7) is 4.58. The predicted octanol–water partition coefficient (Wildman–Crippen LogP) is 5.08. The van der Waals surface area contributed by atoms with Gasteiger partial charge in [-0.15, -0.1) is 11.3 Å². The SMILES string of the molecule is COc1ccc2c(O[C@@H]3C[C@H]4C(=O)N[C@]5(C(=O)NS(=O)(=O)C6CC6)C[C@H]5C=CCCCCN(C)C(=O)[C@@H]4C3)cc(-c3nc(C(C)C)cs3)nc2c1F. The van der Waals surface area contributed by atoms with E-state index in [-0.39, 0.29) is 48.3 Å². The number of sulfonamides is 1. The molecule has 1 aromatic carbocycles. The Hall–Kier alpha value is -4.11. The highest BCUT2D eigenvalue weighted by Gasteiger charge is 2.62. The Kier molecular flexibility index (Phi) is 9.78. The smallest absolute Gasteiger partial charge is 0.259 e. The van der Waals surface area contributed by atoms with Crippen molar-refractivity contribution in [1.29, 1.82) is 0 Å². The van der Waals surface area contributed by atoms with E-state index in [2.05, 4.69) is 15.0 Å². The molecular weight excluding hydrogens is 710 g/mol. The third-order valence-corrected chi connectivity index (χ3v) is 13.4. The number of nitrogens with one attached hydrogen (secondary N) is 2. The fourth-order valence-corrected chi connectivity index (χ4v) is 9.62. The molecule has 5 atom stereocenters. The maximum atomic E-state index is 15.7. The van der Waals surface area contributed by atoms with E-state index >= 15 is 4.39 Å². The van der Waals surface area contributed by atoms with Crippen LogP contribution in [0.1, 0.15) is 76.8 Å². The highest BCUT2D eigenvalue weighted by atomic mass is 32.2. The number of hydrogen-bond acceptors (Lipinski definition) is 10. The van der Waals surface area contributed by atoms with Crippen LogP contribution in [0.3, 0.4) is 0 Å². The number of thiazole rings is 1. The van der Waals surface area contributed by atoms with Crippen LogP contribution >= 0.6 is 11.3 Å². The summed E-state index contributed by atoms with van der Waals surface area (Å²) in [6, 6.07) is 4.88. The fourth-order valence-electron chi connectivity index (χ4n) is 7.31. The first-order valence-corrected chi connectivity index (χ1v) is 20.3. The summed E-state index contributed by atoms with van der Waals surface area (Å²) in [5.74, 6) is -3.60. The number of ether oxygens (including phenoxy) is 2. The van der Waals surface area contributed by atoms with Gasteiger partial charge in [-0.05, 0) is 69.4 Å². The summed E-state index contributed by atoms with van der Waals surface area (Å²) in [4.78, 5) is 52.8. The number of amides is 3. The molecule has 52 heavy (non-hydrogen) atoms. The molecule has 0 bridgehead atoms. The Bertz CT molecular complexity index is 2050. The quantitative estimate of drug-likeness (QED) is 0.300. The van der Waals surface area contributed by atoms with Crippen LogP contribution in [0.2, 0.25) is 0 Å². The van der Waals surface area contributed by atoms with Crippen LogP contribution in [0.25, 0.3) is 21.6 Å². The predicted molar refractivity (Wildman–Crippen MR) is 194 cm³/mol. The fraction of sp³-hybridized carbons (Fsp3) is 0.541. The van der Waals surface area contributed by atoms with Gasteiger partial charge in [0.15, 0.2) is 11.6 Å². The minimum absolute atomic E-state index is 0.0245. The van der Waals surface area contributed by atoms with Crippen molar-refractivity contribution < 1.29 is 36.7 Å². The van der Waals surface area contributed by atoms with E-state index in [1.807, 2.05) is 31.4 Å². The van der Waals surface area contributed by atoms with Gasteiger partial charge >= 0.3 is 0 Å². The monoisotopic (exact) mass is 753 g/mol. The van der Waals surface area contributed by atoms with E-state index in [1.165, 1.54) is 24.5 Å². The molecule has 0 radical (unpaired) electrons. The molecule has 278 valence electrons. The Balaban J connectivity index is 1.21. The van der Waals surface area contributed by atoms with Crippen molar-refractivity contribution in [3.8, 4) is 22.2 Å². The van der Waals surface area contributed by atoms with Crippen LogP contribution in [0.4, 0.5) is 4.39 Å². The molecule has 1 aliphatic heterocycles. The number of rotatable bonds is 8. The molecular formula is C37H44FN5O7S2. The molecule has 2 aromatic heterocycles. The number of fused-ring (bicyclic) bond motifs is 3. The summed E-state index contributed by atoms with van der Waals surface area (Å²) >= 11 is 1.39. The average Bonchev–Trinajstić information content (AvgIpc) is 3.98. The molecule has 4 aliphatic rings. The zero-order chi connectivity index (χ0) is 36.9. The third-order valence-electron chi connectivity index (χ3n) is 10.7. The molecule has 0 saturated heterocycles. The highest BCUT2D eigenvalue weighted by Crippen LogP contribution is 2.47. The molecule has 2 N–H and O–H groups in total. The molecule has 15 heteroatoms. The second-order valence-corrected chi connectivity index (χ2v) is 17.6. The van der Waals surface area contributed by atoms with Crippen LogP contribution in [-0.2, 0) is 24.4 Å². The first-order valence-electron chi connectivity index (χ1n) is 17.9. The van der Waals surface area contributed by atoms with Crippen LogP contribution < -0.4 is 19.5 Å². The molecule has 0 spiro atoms. The van der Waals surface area contributed by atoms with Crippen LogP contribution in [-0.4, -0.2) is 78.6 Å². The number of carbonyl (C=O) groups is 3. The highest BCUT2D eigenvalue weighted by molar-refractivity contribution is 7.91. The minimum atomic E-state index is -3.85. The lowest BCUT2D eigenvalue weighted by Gasteiger charge is -2.26. The lowest BCUT2D eigenvalue weighted by Crippen LogP contribution is -2.54. The second kappa shape index (κ2) is 14.0. The van der Waals surface area contributed by atoms with Gasteiger partial charge in [-0.2, -0.15) is 0 Å². The number of carbonyl (C=O) groups excluding carboxylic acids is 3. The lowest BCUT2D eigenvalue weighted by molar-refractivity contribution is -0.140. The van der Waals surface area contributed by atoms with Crippen molar-refractivity contribution in [3.05, 3.63) is 47.2 Å². The molecule has 0 unspecified atom stereocenters. The van der Waals surface area contributed by atoms with Gasteiger partial charge in [0.05, 0.1) is 29.9 Å². The maximum Gasteiger partial charge on any atom is 0.259 e. The number of aromatic nitrogens is 2. The number of halogens is 1. The van der Waals surface area contributed by atoms with E-state index in [0.717, 1.165) is 25.0 Å². The van der Waals surface area contributed by atoms with Gasteiger partial charge < -0.3 is 19.7 Å². The van der Waals surface area contributed by atoms with Gasteiger partial charge in [0, 0.05) is 36.3 Å². The Morgan fingerprint density at radius 1 is 1.13 bits per heavy atom. The lowest BCUT2D eigenvalue weighted by atomic mass is 9.93. The summed E-state index contributed by atoms with van der Waals surface area (Å²) in [5.41, 5.74) is -0.0992. The summed E-state index contributed by atoms with van der Waals surface area (Å²) in [7, 11) is -0.753. The van der Waals surface area contributed by atoms with Crippen LogP contribution in [0.15, 0.2) is 35.7 Å². The topological polar surface area (TPSA) is 157 Å². The summed E-state index contributed by atoms with van der Waals surface area (Å²) in [5, 5.41) is 5.24. The molecule has 3 amide bonds. The van der Waals surface area contributed by atoms with Gasteiger partial charge in [0.25, 0.3) is 5.91 Å². The standard InChI is InChI=1S/C37H44FN5O7S2/c1-20(2)28-19-51-34(40-28)27-17-30(24-12-13-29(49-4)31(38)32(24)39-27)50-22-15-25-26(16-22)35(45)43(3)14-8-6-5-7-9-21-18-37(21,41-33(25)44)36(46)42-52(47,48)23-10-11-23/h7,9,12-13,17,19-23,25-26H,5-6,8,10-11,14-16,18H2,1-4H3,(H,41,44)(H,42,46)/t21-,22-,25-,26-,37-/m1/s1. The van der Waals surface area contributed by atoms with Gasteiger partial charge in [0.1, 0.15) is 33.6 Å². The van der Waals surface area contributed by atoms with E-state index in [0.29, 0.717) is 41.2 Å². The van der Waals surface area contributed by atoms with Crippen molar-refractivity contribution >= 4 is 50.0 Å². The minimum Gasteiger partial charge on any atom is -0.494 e. The van der Waals surface area contributed by atoms with Gasteiger partial charge in [-0.25, -0.2) is 22.8 Å². The van der Waals surface area contributed by atoms with E-state index in [4.69, 9.17) is 14.5 Å². The van der Waals surface area contributed by atoms with Crippen molar-refractivity contribution in [2.24, 2.45) is 17.8 Å². The average molecular weight is 754 g/mol. The number of methoxy groups -OCH3 is 1. The second-order valence-electron chi connectivity index (χ2n) is 14.8. The van der Waals surface area contributed by atoms with E-state index < -0.39 is 56.4 Å². The molecule has 3 fully saturated rings. The largest absolute Gasteiger partial charge is 0.494 e. The number of allylic oxidation sites excluding steroid dienone is 1. The first-order chi connectivity index (χ1) is 24.8. The van der Waals surface area contributed by atoms with Gasteiger partial charge in [0.2, 0.25) is 21.8 Å². The Morgan fingerprint density at radius 2 is 1.90 bits per heavy atom. The van der Waals surface area contributed by atoms with Crippen molar-refractivity contribution in [3.63, 3.8) is 0 Å². The van der Waals surface area contributed by atoms with Crippen LogP contribution in [0, 0.1) is 23.6 Å². The molecule has 3 aromatic rings. The maximum absolute atomic E-state index is 15.7. The number of nitrogens with zero attached hydrogens (tertiary/aromatic N) is 3. The third kappa shape index (κ3) is 7.01. The van der Waals surface area contributed by atoms with Crippen molar-refractivity contribution in [2.45, 2.75) is 88.0 Å². The number of pyridine rings is 1. The number of hydrogen-bond donors (Lipinski definition) is 2. The number of benzene rings is 1. The first kappa shape index (κ1) is 36.3. The van der Waals surface area contributed by atoms with Crippen molar-refractivity contribution in [1.82, 2.24) is 24.9 Å². The van der Waals surface area contributed by atoms with E-state index in [9.17, 15) is 22.8 Å². The molecule has 3 heterocycles. The zero-order valence-corrected chi connectivity index (χ0v) is 31.3. The van der Waals surface area contributed by atoms with Crippen molar-refractivity contribution in [2.75, 3.05) is 20.7 Å². The Labute approximate surface area is 306 Å². The molecule has 12 nitrogen and oxygen atoms in total. The van der Waals surface area contributed by atoms with Gasteiger partial charge in [-0.3, -0.25) is 19.1 Å². The zero-order valence-electron chi connectivity index (χ0n) is 29.7. The molecule has 7 rings (SSSR count). The molecule has 3 aliphatic carbocycles. The van der Waals surface area contributed by atoms with E-state index in [1.54, 1.807) is 24.1 Å². The summed E-state index contributed by atoms with van der Waals surface area (Å²) < 4.78 is 55.3. The van der Waals surface area contributed by atoms with Gasteiger partial charge in [-0.1, -0.05) is 26.0 Å². The molecule has 3 saturated carbocycles. The van der Waals surface area contributed by atoms with Crippen LogP contribution in [0.5, 0.6) is 11.5 Å². The summed E-state index contributed by atoms with van der Waals surface area (Å²) in [6.07, 6.45) is 7.08. The normalized spacial score (nSPS) is 26.8. The Morgan fingerprint density at radius 3 is 2.62 bits per heavy atom.